The summed E-state index contributed by atoms with van der Waals surface area (Å²) in [6.45, 7) is 2.88. The number of amides is 1. The fraction of sp³-hybridized carbons (Fsp3) is 0.562. The summed E-state index contributed by atoms with van der Waals surface area (Å²) in [5.74, 6) is 0.550. The molecule has 0 fully saturated rings. The molecule has 1 aliphatic rings. The fourth-order valence-corrected chi connectivity index (χ4v) is 7.34. The lowest BCUT2D eigenvalue weighted by Crippen LogP contribution is -2.37. The number of hydrogen-bond acceptors (Lipinski definition) is 6. The molecule has 2 N–H and O–H groups in total. The van der Waals surface area contributed by atoms with E-state index < -0.39 is 34.7 Å². The average molecular weight is 436 g/mol. The van der Waals surface area contributed by atoms with E-state index in [9.17, 15) is 14.1 Å². The van der Waals surface area contributed by atoms with E-state index in [-0.39, 0.29) is 6.54 Å². The van der Waals surface area contributed by atoms with Gasteiger partial charge in [-0.25, -0.2) is 9.00 Å². The minimum atomic E-state index is -3.02. The van der Waals surface area contributed by atoms with E-state index in [0.29, 0.717) is 17.7 Å². The Kier molecular flexibility index (Phi) is 7.05. The van der Waals surface area contributed by atoms with Crippen molar-refractivity contribution in [2.24, 2.45) is 0 Å². The molecule has 0 spiro atoms. The zero-order valence-electron chi connectivity index (χ0n) is 15.9. The predicted molar refractivity (Wildman–Crippen MR) is 108 cm³/mol. The van der Waals surface area contributed by atoms with Crippen LogP contribution < -0.4 is 10.1 Å². The van der Waals surface area contributed by atoms with Gasteiger partial charge >= 0.3 is 6.09 Å². The lowest BCUT2D eigenvalue weighted by atomic mass is 10.0. The molecule has 0 radical (unpaired) electrons. The molecule has 2 rings (SSSR count). The van der Waals surface area contributed by atoms with Gasteiger partial charge < -0.3 is 24.2 Å². The zero-order valence-corrected chi connectivity index (χ0v) is 18.5. The van der Waals surface area contributed by atoms with E-state index in [2.05, 4.69) is 5.32 Å². The van der Waals surface area contributed by atoms with Gasteiger partial charge in [0.15, 0.2) is 5.37 Å². The molecule has 11 heteroatoms. The van der Waals surface area contributed by atoms with Gasteiger partial charge in [0.05, 0.1) is 0 Å². The highest BCUT2D eigenvalue weighted by Gasteiger charge is 2.39. The molecular weight excluding hydrogens is 411 g/mol. The minimum absolute atomic E-state index is 0.255. The summed E-state index contributed by atoms with van der Waals surface area (Å²) in [4.78, 5) is 11.4. The Morgan fingerprint density at radius 3 is 2.63 bits per heavy atom. The summed E-state index contributed by atoms with van der Waals surface area (Å²) in [7, 11) is 0.872. The van der Waals surface area contributed by atoms with E-state index in [1.165, 1.54) is 18.3 Å². The van der Waals surface area contributed by atoms with Crippen LogP contribution in [0.4, 0.5) is 4.79 Å². The van der Waals surface area contributed by atoms with Crippen LogP contribution in [-0.4, -0.2) is 45.8 Å². The second kappa shape index (κ2) is 8.55. The van der Waals surface area contributed by atoms with Crippen molar-refractivity contribution < 1.29 is 27.9 Å². The highest BCUT2D eigenvalue weighted by molar-refractivity contribution is 8.12. The zero-order chi connectivity index (χ0) is 20.4. The highest BCUT2D eigenvalue weighted by Crippen LogP contribution is 2.53. The number of fused-ring (bicyclic) bond motifs is 1. The summed E-state index contributed by atoms with van der Waals surface area (Å²) in [6, 6.07) is 5.42. The summed E-state index contributed by atoms with van der Waals surface area (Å²) in [5, 5.41) is 10.6. The second-order valence-corrected chi connectivity index (χ2v) is 11.8. The maximum absolute atomic E-state index is 13.4. The third-order valence-corrected chi connectivity index (χ3v) is 10.2. The Hall–Kier alpha value is -1.03. The standard InChI is InChI=1S/C16H25N2O6PS2/c1-6-18(25(26,22-4)23-5)27(21)14(17-15(19)20)12-9-7-8-11-10-16(2,3)24-13(11)12/h7-9,14,17H,6,10H2,1-5H3,(H,19,20). The smallest absolute Gasteiger partial charge is 0.405 e. The van der Waals surface area contributed by atoms with Gasteiger partial charge in [-0.3, -0.25) is 0 Å². The Bertz CT molecular complexity index is 780. The number of nitrogens with zero attached hydrogens (tertiary/aromatic N) is 1. The Morgan fingerprint density at radius 1 is 1.48 bits per heavy atom. The molecular formula is C16H25N2O6PS2. The van der Waals surface area contributed by atoms with Crippen molar-refractivity contribution in [1.82, 2.24) is 9.39 Å². The van der Waals surface area contributed by atoms with Crippen LogP contribution in [0.15, 0.2) is 18.2 Å². The van der Waals surface area contributed by atoms with Gasteiger partial charge in [0.25, 0.3) is 6.64 Å². The number of ether oxygens (including phenoxy) is 1. The molecule has 27 heavy (non-hydrogen) atoms. The number of para-hydroxylation sites is 1. The molecule has 1 heterocycles. The summed E-state index contributed by atoms with van der Waals surface area (Å²) < 4.78 is 31.4. The van der Waals surface area contributed by atoms with Crippen molar-refractivity contribution in [2.45, 2.75) is 38.2 Å². The quantitative estimate of drug-likeness (QED) is 0.604. The molecule has 0 aliphatic carbocycles. The molecule has 152 valence electrons. The molecule has 0 saturated heterocycles. The maximum Gasteiger partial charge on any atom is 0.405 e. The first-order valence-corrected chi connectivity index (χ1v) is 12.0. The van der Waals surface area contributed by atoms with Gasteiger partial charge in [0, 0.05) is 32.7 Å². The van der Waals surface area contributed by atoms with Crippen molar-refractivity contribution in [3.8, 4) is 5.75 Å². The first kappa shape index (κ1) is 22.3. The summed E-state index contributed by atoms with van der Waals surface area (Å²) in [6.07, 6.45) is -0.629. The molecule has 8 nitrogen and oxygen atoms in total. The summed E-state index contributed by atoms with van der Waals surface area (Å²) in [5.41, 5.74) is 1.00. The van der Waals surface area contributed by atoms with Crippen LogP contribution in [0, 0.1) is 0 Å². The SMILES string of the molecule is CCN(S(=O)C(NC(=O)O)c1cccc2c1OC(C)(C)C2)P(=S)(OC)OC. The lowest BCUT2D eigenvalue weighted by molar-refractivity contribution is 0.137. The third-order valence-electron chi connectivity index (χ3n) is 4.07. The number of nitrogens with one attached hydrogen (secondary N) is 1. The van der Waals surface area contributed by atoms with Crippen LogP contribution in [0.2, 0.25) is 0 Å². The van der Waals surface area contributed by atoms with E-state index in [1.54, 1.807) is 19.1 Å². The molecule has 0 saturated carbocycles. The van der Waals surface area contributed by atoms with Crippen molar-refractivity contribution in [2.75, 3.05) is 20.8 Å². The van der Waals surface area contributed by atoms with E-state index >= 15 is 0 Å². The molecule has 2 unspecified atom stereocenters. The van der Waals surface area contributed by atoms with Crippen LogP contribution in [0.1, 0.15) is 37.3 Å². The molecule has 1 aliphatic heterocycles. The summed E-state index contributed by atoms with van der Waals surface area (Å²) >= 11 is 5.41. The number of rotatable bonds is 8. The first-order chi connectivity index (χ1) is 12.6. The second-order valence-electron chi connectivity index (χ2n) is 6.48. The van der Waals surface area contributed by atoms with Gasteiger partial charge in [-0.1, -0.05) is 25.1 Å². The van der Waals surface area contributed by atoms with Crippen LogP contribution in [0.5, 0.6) is 5.75 Å². The molecule has 0 aromatic heterocycles. The first-order valence-electron chi connectivity index (χ1n) is 8.29. The number of hydrogen-bond donors (Lipinski definition) is 2. The van der Waals surface area contributed by atoms with Crippen LogP contribution in [0.25, 0.3) is 0 Å². The Balaban J connectivity index is 2.52. The third kappa shape index (κ3) is 4.70. The van der Waals surface area contributed by atoms with Crippen molar-refractivity contribution in [3.05, 3.63) is 29.3 Å². The van der Waals surface area contributed by atoms with Crippen molar-refractivity contribution in [1.29, 1.82) is 0 Å². The lowest BCUT2D eigenvalue weighted by Gasteiger charge is -2.32. The van der Waals surface area contributed by atoms with E-state index in [0.717, 1.165) is 5.56 Å². The van der Waals surface area contributed by atoms with Gasteiger partial charge in [-0.15, -0.1) is 4.08 Å². The van der Waals surface area contributed by atoms with E-state index in [1.807, 2.05) is 19.9 Å². The van der Waals surface area contributed by atoms with Gasteiger partial charge in [0.1, 0.15) is 22.3 Å². The molecule has 1 aromatic carbocycles. The van der Waals surface area contributed by atoms with Gasteiger partial charge in [-0.2, -0.15) is 0 Å². The maximum atomic E-state index is 13.4. The van der Waals surface area contributed by atoms with Crippen LogP contribution in [-0.2, 0) is 38.3 Å². The normalized spacial score (nSPS) is 17.9. The minimum Gasteiger partial charge on any atom is -0.487 e. The Morgan fingerprint density at radius 2 is 2.11 bits per heavy atom. The van der Waals surface area contributed by atoms with E-state index in [4.69, 9.17) is 25.6 Å². The number of carboxylic acid groups (broad SMARTS) is 1. The fourth-order valence-electron chi connectivity index (χ4n) is 2.97. The van der Waals surface area contributed by atoms with Crippen LogP contribution in [0.3, 0.4) is 0 Å². The molecule has 2 atom stereocenters. The largest absolute Gasteiger partial charge is 0.487 e. The van der Waals surface area contributed by atoms with Crippen molar-refractivity contribution >= 4 is 35.5 Å². The van der Waals surface area contributed by atoms with Gasteiger partial charge in [-0.05, 0) is 31.2 Å². The molecule has 0 bridgehead atoms. The molecule has 1 aromatic rings. The van der Waals surface area contributed by atoms with Crippen molar-refractivity contribution in [3.63, 3.8) is 0 Å². The average Bonchev–Trinajstić information content (AvgIpc) is 2.93. The van der Waals surface area contributed by atoms with Gasteiger partial charge in [0.2, 0.25) is 0 Å². The monoisotopic (exact) mass is 436 g/mol. The van der Waals surface area contributed by atoms with Crippen LogP contribution >= 0.6 is 6.64 Å². The highest BCUT2D eigenvalue weighted by atomic mass is 32.5. The predicted octanol–water partition coefficient (Wildman–Crippen LogP) is 3.17. The topological polar surface area (TPSA) is 97.3 Å². The molecule has 1 amide bonds. The Labute approximate surface area is 167 Å². The number of carbonyl (C=O) groups is 1. The number of benzene rings is 1.